The summed E-state index contributed by atoms with van der Waals surface area (Å²) in [6, 6.07) is -0.935. The quantitative estimate of drug-likeness (QED) is 0.579. The maximum atomic E-state index is 13.7. The lowest BCUT2D eigenvalue weighted by atomic mass is 9.79. The molecule has 0 bridgehead atoms. The first-order chi connectivity index (χ1) is 15.4. The fourth-order valence-corrected chi connectivity index (χ4v) is 4.62. The van der Waals surface area contributed by atoms with Crippen LogP contribution in [0.1, 0.15) is 68.3 Å². The normalized spacial score (nSPS) is 22.8. The standard InChI is InChI=1S/C21H25F6N5O/c22-19(23)18(31-16(33)5-11-7-21(26,27)8-11)13-6-15-30-14(10-32(15)29-9-13)17(28)12-1-3-20(24,25)4-2-12/h6,9-12,17-19H,1-5,7-8,28H2,(H,31,33)/t17-,18?/m0/s1. The van der Waals surface area contributed by atoms with Crippen LogP contribution in [0.2, 0.25) is 0 Å². The summed E-state index contributed by atoms with van der Waals surface area (Å²) in [6.07, 6.45) is -1.33. The van der Waals surface area contributed by atoms with Gasteiger partial charge in [0.15, 0.2) is 5.65 Å². The molecule has 0 aromatic carbocycles. The van der Waals surface area contributed by atoms with E-state index in [9.17, 15) is 31.1 Å². The van der Waals surface area contributed by atoms with Crippen LogP contribution in [0.15, 0.2) is 18.5 Å². The molecule has 1 unspecified atom stereocenters. The highest BCUT2D eigenvalue weighted by Crippen LogP contribution is 2.44. The molecule has 6 nitrogen and oxygen atoms in total. The maximum Gasteiger partial charge on any atom is 0.262 e. The van der Waals surface area contributed by atoms with Crippen LogP contribution in [0, 0.1) is 11.8 Å². The molecule has 0 spiro atoms. The largest absolute Gasteiger partial charge is 0.343 e. The average Bonchev–Trinajstić information content (AvgIpc) is 3.13. The van der Waals surface area contributed by atoms with Crippen LogP contribution < -0.4 is 11.1 Å². The van der Waals surface area contributed by atoms with Crippen molar-refractivity contribution in [3.8, 4) is 0 Å². The lowest BCUT2D eigenvalue weighted by Crippen LogP contribution is -2.40. The Balaban J connectivity index is 1.45. The molecule has 2 aromatic heterocycles. The first-order valence-electron chi connectivity index (χ1n) is 10.9. The molecule has 4 rings (SSSR count). The molecule has 2 aliphatic rings. The summed E-state index contributed by atoms with van der Waals surface area (Å²) < 4.78 is 81.4. The van der Waals surface area contributed by atoms with Crippen molar-refractivity contribution >= 4 is 11.6 Å². The molecule has 0 aliphatic heterocycles. The molecule has 0 saturated heterocycles. The lowest BCUT2D eigenvalue weighted by molar-refractivity contribution is -0.135. The summed E-state index contributed by atoms with van der Waals surface area (Å²) in [7, 11) is 0. The van der Waals surface area contributed by atoms with Gasteiger partial charge < -0.3 is 11.1 Å². The minimum Gasteiger partial charge on any atom is -0.343 e. The van der Waals surface area contributed by atoms with Gasteiger partial charge in [-0.25, -0.2) is 35.8 Å². The predicted octanol–water partition coefficient (Wildman–Crippen LogP) is 4.41. The van der Waals surface area contributed by atoms with E-state index >= 15 is 0 Å². The first kappa shape index (κ1) is 23.8. The summed E-state index contributed by atoms with van der Waals surface area (Å²) >= 11 is 0. The van der Waals surface area contributed by atoms with Crippen molar-refractivity contribution in [2.75, 3.05) is 0 Å². The number of fused-ring (bicyclic) bond motifs is 1. The van der Waals surface area contributed by atoms with Gasteiger partial charge in [-0.15, -0.1) is 0 Å². The van der Waals surface area contributed by atoms with Gasteiger partial charge in [0.05, 0.1) is 24.1 Å². The third-order valence-corrected chi connectivity index (χ3v) is 6.55. The number of alkyl halides is 6. The van der Waals surface area contributed by atoms with Crippen molar-refractivity contribution in [3.63, 3.8) is 0 Å². The molecule has 3 N–H and O–H groups in total. The highest BCUT2D eigenvalue weighted by Gasteiger charge is 2.46. The van der Waals surface area contributed by atoms with E-state index in [4.69, 9.17) is 5.73 Å². The Kier molecular flexibility index (Phi) is 6.32. The molecule has 33 heavy (non-hydrogen) atoms. The number of carbonyl (C=O) groups excluding carboxylic acids is 1. The van der Waals surface area contributed by atoms with Crippen LogP contribution in [0.25, 0.3) is 5.65 Å². The van der Waals surface area contributed by atoms with Gasteiger partial charge in [-0.2, -0.15) is 5.10 Å². The second kappa shape index (κ2) is 8.77. The summed E-state index contributed by atoms with van der Waals surface area (Å²) in [5.41, 5.74) is 6.88. The summed E-state index contributed by atoms with van der Waals surface area (Å²) in [6.45, 7) is 0. The maximum absolute atomic E-state index is 13.7. The lowest BCUT2D eigenvalue weighted by Gasteiger charge is -2.34. The number of halogens is 6. The molecule has 2 aliphatic carbocycles. The Morgan fingerprint density at radius 1 is 1.18 bits per heavy atom. The molecule has 182 valence electrons. The molecule has 1 amide bonds. The Labute approximate surface area is 185 Å². The summed E-state index contributed by atoms with van der Waals surface area (Å²) in [4.78, 5) is 16.5. The van der Waals surface area contributed by atoms with Crippen LogP contribution in [0.5, 0.6) is 0 Å². The monoisotopic (exact) mass is 477 g/mol. The van der Waals surface area contributed by atoms with Gasteiger partial charge in [0, 0.05) is 37.7 Å². The van der Waals surface area contributed by atoms with Crippen LogP contribution in [0.4, 0.5) is 26.3 Å². The van der Waals surface area contributed by atoms with E-state index in [-0.39, 0.29) is 49.2 Å². The molecule has 2 atom stereocenters. The molecule has 12 heteroatoms. The van der Waals surface area contributed by atoms with E-state index in [1.54, 1.807) is 0 Å². The van der Waals surface area contributed by atoms with Crippen LogP contribution in [-0.2, 0) is 4.79 Å². The summed E-state index contributed by atoms with van der Waals surface area (Å²) in [5, 5.41) is 6.27. The minimum absolute atomic E-state index is 0.00724. The zero-order chi connectivity index (χ0) is 24.0. The Morgan fingerprint density at radius 2 is 1.85 bits per heavy atom. The van der Waals surface area contributed by atoms with Crippen molar-refractivity contribution in [2.24, 2.45) is 17.6 Å². The van der Waals surface area contributed by atoms with E-state index in [1.165, 1.54) is 23.0 Å². The number of nitrogens with one attached hydrogen (secondary N) is 1. The molecular weight excluding hydrogens is 452 g/mol. The number of imidazole rings is 1. The zero-order valence-corrected chi connectivity index (χ0v) is 17.7. The fraction of sp³-hybridized carbons (Fsp3) is 0.667. The van der Waals surface area contributed by atoms with Crippen molar-refractivity contribution < 1.29 is 31.1 Å². The average molecular weight is 477 g/mol. The van der Waals surface area contributed by atoms with Gasteiger partial charge in [-0.3, -0.25) is 4.79 Å². The zero-order valence-electron chi connectivity index (χ0n) is 17.7. The molecule has 0 radical (unpaired) electrons. The number of hydrogen-bond donors (Lipinski definition) is 2. The highest BCUT2D eigenvalue weighted by molar-refractivity contribution is 5.77. The van der Waals surface area contributed by atoms with E-state index in [1.807, 2.05) is 0 Å². The van der Waals surface area contributed by atoms with Gasteiger partial charge in [-0.05, 0) is 30.7 Å². The van der Waals surface area contributed by atoms with Crippen molar-refractivity contribution in [2.45, 2.75) is 75.3 Å². The second-order valence-corrected chi connectivity index (χ2v) is 9.19. The Bertz CT molecular complexity index is 994. The van der Waals surface area contributed by atoms with Crippen LogP contribution >= 0.6 is 0 Å². The number of amides is 1. The Morgan fingerprint density at radius 3 is 2.45 bits per heavy atom. The van der Waals surface area contributed by atoms with Crippen LogP contribution in [0.3, 0.4) is 0 Å². The fourth-order valence-electron chi connectivity index (χ4n) is 4.62. The third kappa shape index (κ3) is 5.42. The molecular formula is C21H25F6N5O. The first-order valence-corrected chi connectivity index (χ1v) is 10.9. The van der Waals surface area contributed by atoms with E-state index in [0.29, 0.717) is 5.69 Å². The van der Waals surface area contributed by atoms with E-state index < -0.39 is 55.0 Å². The highest BCUT2D eigenvalue weighted by atomic mass is 19.3. The second-order valence-electron chi connectivity index (χ2n) is 9.19. The van der Waals surface area contributed by atoms with Crippen molar-refractivity contribution in [3.05, 3.63) is 29.7 Å². The summed E-state index contributed by atoms with van der Waals surface area (Å²) in [5.74, 6) is -6.92. The van der Waals surface area contributed by atoms with E-state index in [0.717, 1.165) is 0 Å². The molecule has 2 fully saturated rings. The van der Waals surface area contributed by atoms with Gasteiger partial charge in [-0.1, -0.05) is 0 Å². The predicted molar refractivity (Wildman–Crippen MR) is 106 cm³/mol. The van der Waals surface area contributed by atoms with Gasteiger partial charge in [0.25, 0.3) is 6.43 Å². The number of carbonyl (C=O) groups is 1. The SMILES string of the molecule is N[C@H](c1cn2ncc(C(NC(=O)CC3CC(F)(F)C3)C(F)F)cc2n1)C1CCC(F)(F)CC1. The smallest absolute Gasteiger partial charge is 0.262 e. The van der Waals surface area contributed by atoms with E-state index in [2.05, 4.69) is 15.4 Å². The molecule has 2 heterocycles. The topological polar surface area (TPSA) is 85.3 Å². The number of nitrogens with zero attached hydrogens (tertiary/aromatic N) is 3. The molecule has 2 aromatic rings. The molecule has 2 saturated carbocycles. The number of rotatable bonds is 7. The van der Waals surface area contributed by atoms with Gasteiger partial charge >= 0.3 is 0 Å². The number of aromatic nitrogens is 3. The number of nitrogens with two attached hydrogens (primary N) is 1. The van der Waals surface area contributed by atoms with Crippen LogP contribution in [-0.4, -0.2) is 38.8 Å². The van der Waals surface area contributed by atoms with Gasteiger partial charge in [0.1, 0.15) is 6.04 Å². The Hall–Kier alpha value is -2.37. The van der Waals surface area contributed by atoms with Crippen molar-refractivity contribution in [1.29, 1.82) is 0 Å². The van der Waals surface area contributed by atoms with Crippen molar-refractivity contribution in [1.82, 2.24) is 19.9 Å². The number of hydrogen-bond acceptors (Lipinski definition) is 4. The third-order valence-electron chi connectivity index (χ3n) is 6.55. The van der Waals surface area contributed by atoms with Gasteiger partial charge in [0.2, 0.25) is 17.8 Å². The minimum atomic E-state index is -2.96.